The lowest BCUT2D eigenvalue weighted by Crippen LogP contribution is -2.40. The second-order valence-electron chi connectivity index (χ2n) is 4.21. The van der Waals surface area contributed by atoms with Crippen LogP contribution < -0.4 is 10.6 Å². The topological polar surface area (TPSA) is 54.0 Å². The minimum atomic E-state index is -0.0806. The van der Waals surface area contributed by atoms with Crippen molar-refractivity contribution in [2.75, 3.05) is 11.9 Å². The second kappa shape index (κ2) is 6.12. The van der Waals surface area contributed by atoms with Crippen molar-refractivity contribution in [2.24, 2.45) is 0 Å². The Bertz CT molecular complexity index is 372. The molecule has 0 aromatic carbocycles. The minimum absolute atomic E-state index is 0.0155. The predicted molar refractivity (Wildman–Crippen MR) is 70.8 cm³/mol. The van der Waals surface area contributed by atoms with Crippen molar-refractivity contribution in [2.45, 2.75) is 31.7 Å². The number of pyridine rings is 1. The first kappa shape index (κ1) is 12.5. The molecule has 0 bridgehead atoms. The number of halogens is 1. The molecule has 1 atom stereocenters. The van der Waals surface area contributed by atoms with Gasteiger partial charge in [-0.3, -0.25) is 4.79 Å². The molecule has 1 amide bonds. The summed E-state index contributed by atoms with van der Waals surface area (Å²) in [6.45, 7) is 0.922. The lowest BCUT2D eigenvalue weighted by molar-refractivity contribution is -0.118. The smallest absolute Gasteiger partial charge is 0.242 e. The Morgan fingerprint density at radius 3 is 3.06 bits per heavy atom. The fourth-order valence-electron chi connectivity index (χ4n) is 1.92. The normalized spacial score (nSPS) is 20.6. The van der Waals surface area contributed by atoms with E-state index in [9.17, 15) is 4.79 Å². The summed E-state index contributed by atoms with van der Waals surface area (Å²) in [6, 6.07) is 3.57. The van der Waals surface area contributed by atoms with Crippen molar-refractivity contribution in [3.05, 3.63) is 22.8 Å². The van der Waals surface area contributed by atoms with Crippen molar-refractivity contribution < 1.29 is 4.79 Å². The van der Waals surface area contributed by atoms with Crippen molar-refractivity contribution in [3.8, 4) is 0 Å². The number of carbonyl (C=O) groups is 1. The molecule has 1 aliphatic heterocycles. The van der Waals surface area contributed by atoms with Gasteiger partial charge in [0.2, 0.25) is 5.91 Å². The van der Waals surface area contributed by atoms with Gasteiger partial charge in [-0.2, -0.15) is 0 Å². The summed E-state index contributed by atoms with van der Waals surface area (Å²) in [5, 5.41) is 6.10. The van der Waals surface area contributed by atoms with Crippen molar-refractivity contribution in [1.82, 2.24) is 10.3 Å². The average molecular weight is 298 g/mol. The van der Waals surface area contributed by atoms with E-state index < -0.39 is 0 Å². The monoisotopic (exact) mass is 297 g/mol. The summed E-state index contributed by atoms with van der Waals surface area (Å²) in [5.74, 6) is 0.617. The minimum Gasteiger partial charge on any atom is -0.309 e. The lowest BCUT2D eigenvalue weighted by atomic mass is 10.1. The maximum atomic E-state index is 12.0. The highest BCUT2D eigenvalue weighted by atomic mass is 79.9. The molecule has 0 saturated carbocycles. The van der Waals surface area contributed by atoms with E-state index in [4.69, 9.17) is 0 Å². The van der Waals surface area contributed by atoms with Gasteiger partial charge < -0.3 is 10.6 Å². The number of nitrogens with one attached hydrogen (secondary N) is 2. The van der Waals surface area contributed by atoms with Gasteiger partial charge in [0.15, 0.2) is 0 Å². The Balaban J connectivity index is 1.93. The fourth-order valence-corrected chi connectivity index (χ4v) is 2.15. The highest BCUT2D eigenvalue weighted by molar-refractivity contribution is 9.10. The van der Waals surface area contributed by atoms with E-state index in [0.717, 1.165) is 30.3 Å². The first-order valence-electron chi connectivity index (χ1n) is 5.91. The Labute approximate surface area is 109 Å². The zero-order chi connectivity index (χ0) is 12.1. The Kier molecular flexibility index (Phi) is 4.50. The summed E-state index contributed by atoms with van der Waals surface area (Å²) in [4.78, 5) is 16.1. The molecular formula is C12H16BrN3O. The molecule has 17 heavy (non-hydrogen) atoms. The van der Waals surface area contributed by atoms with Crippen molar-refractivity contribution >= 4 is 27.7 Å². The van der Waals surface area contributed by atoms with Gasteiger partial charge in [0.1, 0.15) is 5.82 Å². The molecule has 1 aromatic heterocycles. The molecule has 5 heteroatoms. The van der Waals surface area contributed by atoms with Gasteiger partial charge >= 0.3 is 0 Å². The van der Waals surface area contributed by atoms with Crippen LogP contribution in [0.15, 0.2) is 22.8 Å². The van der Waals surface area contributed by atoms with E-state index in [2.05, 4.69) is 31.5 Å². The number of carbonyl (C=O) groups excluding carboxylic acids is 1. The van der Waals surface area contributed by atoms with Gasteiger partial charge in [0.05, 0.1) is 6.04 Å². The van der Waals surface area contributed by atoms with Gasteiger partial charge in [0, 0.05) is 10.7 Å². The lowest BCUT2D eigenvalue weighted by Gasteiger charge is -2.14. The molecule has 4 nitrogen and oxygen atoms in total. The van der Waals surface area contributed by atoms with Crippen LogP contribution in [0.1, 0.15) is 25.7 Å². The third kappa shape index (κ3) is 3.78. The van der Waals surface area contributed by atoms with E-state index in [0.29, 0.717) is 5.82 Å². The first-order chi connectivity index (χ1) is 8.25. The average Bonchev–Trinajstić information content (AvgIpc) is 2.61. The number of hydrogen-bond acceptors (Lipinski definition) is 3. The summed E-state index contributed by atoms with van der Waals surface area (Å²) in [7, 11) is 0. The van der Waals surface area contributed by atoms with Gasteiger partial charge in [0.25, 0.3) is 0 Å². The Hall–Kier alpha value is -0.940. The van der Waals surface area contributed by atoms with Crippen LogP contribution in [-0.2, 0) is 4.79 Å². The zero-order valence-electron chi connectivity index (χ0n) is 9.58. The number of nitrogens with zero attached hydrogens (tertiary/aromatic N) is 1. The number of amides is 1. The van der Waals surface area contributed by atoms with Crippen LogP contribution in [0.3, 0.4) is 0 Å². The number of aromatic nitrogens is 1. The molecule has 2 heterocycles. The van der Waals surface area contributed by atoms with Crippen LogP contribution >= 0.6 is 15.9 Å². The second-order valence-corrected chi connectivity index (χ2v) is 5.12. The van der Waals surface area contributed by atoms with Crippen LogP contribution in [0.4, 0.5) is 5.82 Å². The molecule has 1 fully saturated rings. The van der Waals surface area contributed by atoms with E-state index in [-0.39, 0.29) is 11.9 Å². The summed E-state index contributed by atoms with van der Waals surface area (Å²) in [5.41, 5.74) is 0. The van der Waals surface area contributed by atoms with Crippen LogP contribution in [0.5, 0.6) is 0 Å². The summed E-state index contributed by atoms with van der Waals surface area (Å²) in [6.07, 6.45) is 6.05. The zero-order valence-corrected chi connectivity index (χ0v) is 11.2. The van der Waals surface area contributed by atoms with E-state index >= 15 is 0 Å². The molecular weight excluding hydrogens is 282 g/mol. The maximum Gasteiger partial charge on any atom is 0.242 e. The molecule has 0 radical (unpaired) electrons. The number of hydrogen-bond donors (Lipinski definition) is 2. The SMILES string of the molecule is O=C(Nc1ccc(Br)cn1)C1CCCCCN1. The fraction of sp³-hybridized carbons (Fsp3) is 0.500. The number of anilines is 1. The highest BCUT2D eigenvalue weighted by Gasteiger charge is 2.19. The Morgan fingerprint density at radius 1 is 1.41 bits per heavy atom. The maximum absolute atomic E-state index is 12.0. The van der Waals surface area contributed by atoms with Gasteiger partial charge in [-0.15, -0.1) is 0 Å². The van der Waals surface area contributed by atoms with Gasteiger partial charge in [-0.05, 0) is 47.4 Å². The standard InChI is InChI=1S/C12H16BrN3O/c13-9-5-6-11(15-8-9)16-12(17)10-4-2-1-3-7-14-10/h5-6,8,10,14H,1-4,7H2,(H,15,16,17). The molecule has 1 unspecified atom stereocenters. The quantitative estimate of drug-likeness (QED) is 0.881. The molecule has 1 aromatic rings. The summed E-state index contributed by atoms with van der Waals surface area (Å²) >= 11 is 3.31. The molecule has 0 aliphatic carbocycles. The van der Waals surface area contributed by atoms with Crippen LogP contribution in [0.25, 0.3) is 0 Å². The van der Waals surface area contributed by atoms with Gasteiger partial charge in [-0.1, -0.05) is 12.8 Å². The summed E-state index contributed by atoms with van der Waals surface area (Å²) < 4.78 is 0.906. The molecule has 92 valence electrons. The third-order valence-corrected chi connectivity index (χ3v) is 3.32. The highest BCUT2D eigenvalue weighted by Crippen LogP contribution is 2.13. The van der Waals surface area contributed by atoms with Crippen LogP contribution in [-0.4, -0.2) is 23.5 Å². The van der Waals surface area contributed by atoms with Crippen molar-refractivity contribution in [3.63, 3.8) is 0 Å². The molecule has 2 N–H and O–H groups in total. The van der Waals surface area contributed by atoms with Crippen LogP contribution in [0, 0.1) is 0 Å². The Morgan fingerprint density at radius 2 is 2.29 bits per heavy atom. The van der Waals surface area contributed by atoms with Crippen molar-refractivity contribution in [1.29, 1.82) is 0 Å². The van der Waals surface area contributed by atoms with E-state index in [1.807, 2.05) is 6.07 Å². The molecule has 0 spiro atoms. The van der Waals surface area contributed by atoms with E-state index in [1.165, 1.54) is 6.42 Å². The first-order valence-corrected chi connectivity index (χ1v) is 6.71. The largest absolute Gasteiger partial charge is 0.309 e. The number of rotatable bonds is 2. The molecule has 2 rings (SSSR count). The third-order valence-electron chi connectivity index (χ3n) is 2.86. The van der Waals surface area contributed by atoms with E-state index in [1.54, 1.807) is 12.3 Å². The molecule has 1 aliphatic rings. The van der Waals surface area contributed by atoms with Gasteiger partial charge in [-0.25, -0.2) is 4.98 Å². The molecule has 1 saturated heterocycles. The van der Waals surface area contributed by atoms with Crippen LogP contribution in [0.2, 0.25) is 0 Å². The predicted octanol–water partition coefficient (Wildman–Crippen LogP) is 2.31.